The van der Waals surface area contributed by atoms with Gasteiger partial charge in [-0.25, -0.2) is 0 Å². The Balaban J connectivity index is 1.75. The van der Waals surface area contributed by atoms with Crippen molar-refractivity contribution in [1.29, 1.82) is 0 Å². The van der Waals surface area contributed by atoms with Crippen LogP contribution in [0.2, 0.25) is 0 Å². The van der Waals surface area contributed by atoms with Crippen LogP contribution in [0.15, 0.2) is 48.8 Å². The maximum Gasteiger partial charge on any atom is 0.229 e. The number of carbonyl (C=O) groups is 2. The highest BCUT2D eigenvalue weighted by atomic mass is 16.2. The number of carbonyl (C=O) groups excluding carboxylic acids is 2. The van der Waals surface area contributed by atoms with Crippen LogP contribution in [0.5, 0.6) is 0 Å². The van der Waals surface area contributed by atoms with Gasteiger partial charge in [0.05, 0.1) is 17.8 Å². The quantitative estimate of drug-likeness (QED) is 0.934. The second-order valence-corrected chi connectivity index (χ2v) is 7.40. The molecule has 0 spiro atoms. The summed E-state index contributed by atoms with van der Waals surface area (Å²) in [6.07, 6.45) is 3.53. The molecule has 0 aliphatic carbocycles. The van der Waals surface area contributed by atoms with E-state index in [-0.39, 0.29) is 29.6 Å². The Morgan fingerprint density at radius 3 is 2.64 bits per heavy atom. The van der Waals surface area contributed by atoms with Crippen molar-refractivity contribution in [3.63, 3.8) is 0 Å². The molecule has 1 unspecified atom stereocenters. The molecule has 0 bridgehead atoms. The maximum atomic E-state index is 12.7. The molecule has 25 heavy (non-hydrogen) atoms. The molecule has 1 aromatic heterocycles. The van der Waals surface area contributed by atoms with Gasteiger partial charge >= 0.3 is 0 Å². The third-order valence-electron chi connectivity index (χ3n) is 4.45. The molecule has 5 nitrogen and oxygen atoms in total. The lowest BCUT2D eigenvalue weighted by Gasteiger charge is -2.23. The van der Waals surface area contributed by atoms with Gasteiger partial charge in [0.2, 0.25) is 11.8 Å². The molecule has 130 valence electrons. The van der Waals surface area contributed by atoms with Crippen molar-refractivity contribution >= 4 is 23.2 Å². The Labute approximate surface area is 148 Å². The van der Waals surface area contributed by atoms with Crippen LogP contribution in [-0.4, -0.2) is 23.3 Å². The number of pyridine rings is 1. The minimum atomic E-state index is -0.360. The minimum Gasteiger partial charge on any atom is -0.326 e. The van der Waals surface area contributed by atoms with Gasteiger partial charge in [-0.05, 0) is 29.2 Å². The molecule has 2 aromatic rings. The number of nitrogens with zero attached hydrogens (tertiary/aromatic N) is 2. The van der Waals surface area contributed by atoms with Crippen molar-refractivity contribution in [3.05, 3.63) is 54.4 Å². The Hall–Kier alpha value is -2.69. The normalized spacial score (nSPS) is 17.6. The van der Waals surface area contributed by atoms with Gasteiger partial charge in [0, 0.05) is 24.8 Å². The fourth-order valence-corrected chi connectivity index (χ4v) is 3.13. The molecule has 1 aliphatic rings. The first-order valence-electron chi connectivity index (χ1n) is 8.47. The summed E-state index contributed by atoms with van der Waals surface area (Å²) >= 11 is 0. The molecule has 3 rings (SSSR count). The highest BCUT2D eigenvalue weighted by Gasteiger charge is 2.35. The Bertz CT molecular complexity index is 781. The van der Waals surface area contributed by atoms with Crippen LogP contribution in [0.4, 0.5) is 11.4 Å². The number of nitrogens with one attached hydrogen (secondary N) is 1. The van der Waals surface area contributed by atoms with Crippen LogP contribution >= 0.6 is 0 Å². The summed E-state index contributed by atoms with van der Waals surface area (Å²) in [5, 5.41) is 3.02. The maximum absolute atomic E-state index is 12.7. The predicted octanol–water partition coefficient (Wildman–Crippen LogP) is 3.37. The molecule has 2 heterocycles. The second kappa shape index (κ2) is 6.67. The van der Waals surface area contributed by atoms with E-state index in [1.165, 1.54) is 0 Å². The van der Waals surface area contributed by atoms with Crippen molar-refractivity contribution in [2.75, 3.05) is 16.8 Å². The van der Waals surface area contributed by atoms with Gasteiger partial charge in [0.25, 0.3) is 0 Å². The Morgan fingerprint density at radius 1 is 1.20 bits per heavy atom. The molecule has 0 radical (unpaired) electrons. The summed E-state index contributed by atoms with van der Waals surface area (Å²) in [5.41, 5.74) is 2.55. The van der Waals surface area contributed by atoms with E-state index in [0.29, 0.717) is 6.54 Å². The van der Waals surface area contributed by atoms with E-state index in [4.69, 9.17) is 0 Å². The van der Waals surface area contributed by atoms with Crippen LogP contribution in [0, 0.1) is 5.92 Å². The third kappa shape index (κ3) is 3.71. The molecule has 5 heteroatoms. The predicted molar refractivity (Wildman–Crippen MR) is 98.5 cm³/mol. The third-order valence-corrected chi connectivity index (χ3v) is 4.45. The van der Waals surface area contributed by atoms with Gasteiger partial charge in [0.1, 0.15) is 0 Å². The number of para-hydroxylation sites is 1. The van der Waals surface area contributed by atoms with Crippen LogP contribution < -0.4 is 10.2 Å². The Kier molecular flexibility index (Phi) is 4.57. The topological polar surface area (TPSA) is 62.3 Å². The van der Waals surface area contributed by atoms with Gasteiger partial charge < -0.3 is 10.2 Å². The largest absolute Gasteiger partial charge is 0.326 e. The first-order chi connectivity index (χ1) is 11.9. The van der Waals surface area contributed by atoms with E-state index >= 15 is 0 Å². The number of rotatable bonds is 3. The summed E-state index contributed by atoms with van der Waals surface area (Å²) in [4.78, 5) is 30.7. The molecule has 0 saturated carbocycles. The van der Waals surface area contributed by atoms with Crippen LogP contribution in [-0.2, 0) is 15.0 Å². The van der Waals surface area contributed by atoms with E-state index in [2.05, 4.69) is 31.1 Å². The van der Waals surface area contributed by atoms with Crippen molar-refractivity contribution in [2.45, 2.75) is 32.6 Å². The highest BCUT2D eigenvalue weighted by molar-refractivity contribution is 6.03. The van der Waals surface area contributed by atoms with Crippen molar-refractivity contribution in [1.82, 2.24) is 4.98 Å². The van der Waals surface area contributed by atoms with Gasteiger partial charge in [-0.15, -0.1) is 0 Å². The van der Waals surface area contributed by atoms with Crippen molar-refractivity contribution < 1.29 is 9.59 Å². The number of hydrogen-bond acceptors (Lipinski definition) is 3. The van der Waals surface area contributed by atoms with Gasteiger partial charge in [-0.3, -0.25) is 14.6 Å². The number of anilines is 2. The number of aromatic nitrogens is 1. The summed E-state index contributed by atoms with van der Waals surface area (Å²) in [7, 11) is 0. The lowest BCUT2D eigenvalue weighted by Crippen LogP contribution is -2.29. The zero-order valence-electron chi connectivity index (χ0n) is 14.8. The molecule has 1 aromatic carbocycles. The molecule has 1 N–H and O–H groups in total. The molecule has 1 saturated heterocycles. The van der Waals surface area contributed by atoms with Gasteiger partial charge in [-0.1, -0.05) is 39.0 Å². The fourth-order valence-electron chi connectivity index (χ4n) is 3.13. The summed E-state index contributed by atoms with van der Waals surface area (Å²) in [6, 6.07) is 11.4. The van der Waals surface area contributed by atoms with E-state index in [9.17, 15) is 9.59 Å². The van der Waals surface area contributed by atoms with Gasteiger partial charge in [0.15, 0.2) is 0 Å². The van der Waals surface area contributed by atoms with E-state index in [0.717, 1.165) is 16.9 Å². The number of benzene rings is 1. The smallest absolute Gasteiger partial charge is 0.229 e. The fraction of sp³-hybridized carbons (Fsp3) is 0.350. The zero-order chi connectivity index (χ0) is 18.0. The molecule has 2 amide bonds. The first-order valence-corrected chi connectivity index (χ1v) is 8.47. The lowest BCUT2D eigenvalue weighted by atomic mass is 9.85. The van der Waals surface area contributed by atoms with Crippen molar-refractivity contribution in [2.24, 2.45) is 5.92 Å². The first kappa shape index (κ1) is 17.1. The number of amides is 2. The van der Waals surface area contributed by atoms with E-state index in [1.807, 2.05) is 30.3 Å². The number of hydrogen-bond donors (Lipinski definition) is 1. The molecular weight excluding hydrogens is 314 g/mol. The average molecular weight is 337 g/mol. The van der Waals surface area contributed by atoms with Gasteiger partial charge in [-0.2, -0.15) is 0 Å². The van der Waals surface area contributed by atoms with E-state index in [1.54, 1.807) is 23.4 Å². The highest BCUT2D eigenvalue weighted by Crippen LogP contribution is 2.31. The average Bonchev–Trinajstić information content (AvgIpc) is 2.97. The van der Waals surface area contributed by atoms with Crippen LogP contribution in [0.3, 0.4) is 0 Å². The SMILES string of the molecule is CC(C)(C)c1ccccc1NC(=O)C1CC(=O)N(c2cccnc2)C1. The molecular formula is C20H23N3O2. The van der Waals surface area contributed by atoms with Crippen LogP contribution in [0.1, 0.15) is 32.8 Å². The summed E-state index contributed by atoms with van der Waals surface area (Å²) in [6.45, 7) is 6.72. The summed E-state index contributed by atoms with van der Waals surface area (Å²) in [5.74, 6) is -0.519. The van der Waals surface area contributed by atoms with E-state index < -0.39 is 0 Å². The molecule has 1 atom stereocenters. The molecule has 1 aliphatic heterocycles. The Morgan fingerprint density at radius 2 is 1.96 bits per heavy atom. The standard InChI is InChI=1S/C20H23N3O2/c1-20(2,3)16-8-4-5-9-17(16)22-19(25)14-11-18(24)23(13-14)15-7-6-10-21-12-15/h4-10,12,14H,11,13H2,1-3H3,(H,22,25). The monoisotopic (exact) mass is 337 g/mol. The van der Waals surface area contributed by atoms with Crippen molar-refractivity contribution in [3.8, 4) is 0 Å². The summed E-state index contributed by atoms with van der Waals surface area (Å²) < 4.78 is 0. The second-order valence-electron chi connectivity index (χ2n) is 7.40. The minimum absolute atomic E-state index is 0.0442. The molecule has 1 fully saturated rings. The lowest BCUT2D eigenvalue weighted by molar-refractivity contribution is -0.122. The van der Waals surface area contributed by atoms with Crippen LogP contribution in [0.25, 0.3) is 0 Å². The zero-order valence-corrected chi connectivity index (χ0v) is 14.8.